The molecule has 2 fully saturated rings. The van der Waals surface area contributed by atoms with Crippen molar-refractivity contribution < 1.29 is 9.53 Å². The van der Waals surface area contributed by atoms with Crippen LogP contribution in [0.15, 0.2) is 0 Å². The monoisotopic (exact) mass is 226 g/mol. The van der Waals surface area contributed by atoms with Gasteiger partial charge in [-0.25, -0.2) is 0 Å². The minimum Gasteiger partial charge on any atom is -0.460 e. The molecule has 4 heteroatoms. The topological polar surface area (TPSA) is 74.3 Å². The number of ether oxygens (including phenoxy) is 1. The Balaban J connectivity index is 2.01. The maximum atomic E-state index is 12.1. The minimum absolute atomic E-state index is 0.00785. The van der Waals surface area contributed by atoms with Gasteiger partial charge in [0.2, 0.25) is 0 Å². The number of hydrogen-bond donors (Lipinski definition) is 2. The molecule has 16 heavy (non-hydrogen) atoms. The van der Waals surface area contributed by atoms with Crippen LogP contribution in [0.1, 0.15) is 40.0 Å². The predicted molar refractivity (Wildman–Crippen MR) is 61.9 cm³/mol. The molecule has 4 nitrogen and oxygen atoms in total. The fourth-order valence-corrected chi connectivity index (χ4v) is 2.59. The average Bonchev–Trinajstić information content (AvgIpc) is 2.81. The van der Waals surface area contributed by atoms with E-state index in [1.54, 1.807) is 0 Å². The van der Waals surface area contributed by atoms with Gasteiger partial charge in [0.05, 0.1) is 5.92 Å². The van der Waals surface area contributed by atoms with E-state index >= 15 is 0 Å². The zero-order valence-corrected chi connectivity index (χ0v) is 10.4. The van der Waals surface area contributed by atoms with E-state index in [-0.39, 0.29) is 23.5 Å². The number of hydrogen-bond acceptors (Lipinski definition) is 4. The van der Waals surface area contributed by atoms with Gasteiger partial charge in [-0.1, -0.05) is 0 Å². The molecule has 0 aromatic heterocycles. The third-order valence-corrected chi connectivity index (χ3v) is 3.44. The quantitative estimate of drug-likeness (QED) is 0.512. The first kappa shape index (κ1) is 11.9. The number of nitrogens with two attached hydrogens (primary N) is 1. The minimum atomic E-state index is -0.396. The van der Waals surface area contributed by atoms with Gasteiger partial charge in [-0.2, -0.15) is 0 Å². The Hall–Kier alpha value is -0.610. The highest BCUT2D eigenvalue weighted by Gasteiger charge is 2.55. The fourth-order valence-electron chi connectivity index (χ4n) is 2.59. The molecule has 0 radical (unpaired) electrons. The van der Waals surface area contributed by atoms with Crippen LogP contribution in [0.25, 0.3) is 0 Å². The third-order valence-electron chi connectivity index (χ3n) is 3.44. The maximum Gasteiger partial charge on any atom is 0.311 e. The molecule has 1 aliphatic carbocycles. The zero-order chi connectivity index (χ0) is 12.0. The third kappa shape index (κ3) is 2.38. The normalized spacial score (nSPS) is 38.5. The first-order valence-corrected chi connectivity index (χ1v) is 6.06. The number of esters is 1. The van der Waals surface area contributed by atoms with Crippen molar-refractivity contribution >= 4 is 5.97 Å². The van der Waals surface area contributed by atoms with Crippen molar-refractivity contribution in [1.82, 2.24) is 5.32 Å². The Labute approximate surface area is 96.9 Å². The Bertz CT molecular complexity index is 292. The molecule has 3 atom stereocenters. The zero-order valence-electron chi connectivity index (χ0n) is 10.4. The molecular formula is C12H22N2O2. The summed E-state index contributed by atoms with van der Waals surface area (Å²) in [6.45, 7) is 6.63. The lowest BCUT2D eigenvalue weighted by Gasteiger charge is -2.34. The van der Waals surface area contributed by atoms with Gasteiger partial charge in [0, 0.05) is 18.1 Å². The molecule has 1 heterocycles. The van der Waals surface area contributed by atoms with Crippen LogP contribution >= 0.6 is 0 Å². The van der Waals surface area contributed by atoms with E-state index in [9.17, 15) is 4.79 Å². The van der Waals surface area contributed by atoms with Gasteiger partial charge in [-0.05, 0) is 40.0 Å². The van der Waals surface area contributed by atoms with Crippen LogP contribution in [0.5, 0.6) is 0 Å². The highest BCUT2D eigenvalue weighted by molar-refractivity contribution is 5.75. The van der Waals surface area contributed by atoms with Crippen LogP contribution < -0.4 is 11.1 Å². The molecule has 2 aliphatic rings. The van der Waals surface area contributed by atoms with E-state index in [1.807, 2.05) is 20.8 Å². The summed E-state index contributed by atoms with van der Waals surface area (Å²) in [5.74, 6) is -0.0732. The summed E-state index contributed by atoms with van der Waals surface area (Å²) in [5, 5.41) is 3.32. The van der Waals surface area contributed by atoms with Crippen molar-refractivity contribution in [3.05, 3.63) is 0 Å². The molecule has 1 saturated heterocycles. The predicted octanol–water partition coefficient (Wildman–Crippen LogP) is 0.798. The van der Waals surface area contributed by atoms with Crippen LogP contribution in [0.4, 0.5) is 0 Å². The molecule has 1 spiro atoms. The van der Waals surface area contributed by atoms with Gasteiger partial charge in [-0.15, -0.1) is 0 Å². The van der Waals surface area contributed by atoms with E-state index in [4.69, 9.17) is 10.5 Å². The van der Waals surface area contributed by atoms with Gasteiger partial charge < -0.3 is 15.8 Å². The number of carbonyl (C=O) groups is 1. The summed E-state index contributed by atoms with van der Waals surface area (Å²) in [5.41, 5.74) is 5.51. The summed E-state index contributed by atoms with van der Waals surface area (Å²) in [6.07, 6.45) is 2.67. The second-order valence-electron chi connectivity index (χ2n) is 6.14. The molecule has 3 unspecified atom stereocenters. The highest BCUT2D eigenvalue weighted by Crippen LogP contribution is 2.41. The number of carbonyl (C=O) groups excluding carboxylic acids is 1. The molecule has 1 aliphatic heterocycles. The van der Waals surface area contributed by atoms with Gasteiger partial charge in [-0.3, -0.25) is 4.79 Å². The lowest BCUT2D eigenvalue weighted by atomic mass is 9.76. The molecule has 92 valence electrons. The Morgan fingerprint density at radius 2 is 2.06 bits per heavy atom. The summed E-state index contributed by atoms with van der Waals surface area (Å²) >= 11 is 0. The van der Waals surface area contributed by atoms with Crippen LogP contribution in [-0.4, -0.2) is 29.7 Å². The van der Waals surface area contributed by atoms with Crippen molar-refractivity contribution in [3.8, 4) is 0 Å². The average molecular weight is 226 g/mol. The van der Waals surface area contributed by atoms with Crippen molar-refractivity contribution in [2.24, 2.45) is 11.7 Å². The van der Waals surface area contributed by atoms with Crippen molar-refractivity contribution in [3.63, 3.8) is 0 Å². The van der Waals surface area contributed by atoms with Crippen LogP contribution in [0.2, 0.25) is 0 Å². The lowest BCUT2D eigenvalue weighted by molar-refractivity contribution is -0.162. The maximum absolute atomic E-state index is 12.1. The molecule has 0 aromatic rings. The molecule has 0 bridgehead atoms. The lowest BCUT2D eigenvalue weighted by Crippen LogP contribution is -2.46. The molecule has 0 amide bonds. The van der Waals surface area contributed by atoms with Gasteiger partial charge in [0.15, 0.2) is 0 Å². The number of nitrogens with one attached hydrogen (secondary N) is 1. The SMILES string of the molecule is CC(C)(C)OC(=O)C1CCC(N)CC12CN2. The fraction of sp³-hybridized carbons (Fsp3) is 0.917. The smallest absolute Gasteiger partial charge is 0.311 e. The Morgan fingerprint density at radius 1 is 1.44 bits per heavy atom. The van der Waals surface area contributed by atoms with Crippen molar-refractivity contribution in [2.75, 3.05) is 6.54 Å². The summed E-state index contributed by atoms with van der Waals surface area (Å²) in [4.78, 5) is 12.1. The van der Waals surface area contributed by atoms with E-state index in [0.29, 0.717) is 0 Å². The van der Waals surface area contributed by atoms with E-state index < -0.39 is 5.60 Å². The van der Waals surface area contributed by atoms with Crippen molar-refractivity contribution in [1.29, 1.82) is 0 Å². The summed E-state index contributed by atoms with van der Waals surface area (Å²) < 4.78 is 5.47. The Kier molecular flexibility index (Phi) is 2.75. The first-order chi connectivity index (χ1) is 7.32. The van der Waals surface area contributed by atoms with Crippen LogP contribution in [-0.2, 0) is 9.53 Å². The van der Waals surface area contributed by atoms with Crippen LogP contribution in [0, 0.1) is 5.92 Å². The van der Waals surface area contributed by atoms with Crippen molar-refractivity contribution in [2.45, 2.75) is 57.2 Å². The van der Waals surface area contributed by atoms with E-state index in [2.05, 4.69) is 5.32 Å². The summed E-state index contributed by atoms with van der Waals surface area (Å²) in [7, 11) is 0. The van der Waals surface area contributed by atoms with Gasteiger partial charge in [0.1, 0.15) is 5.60 Å². The highest BCUT2D eigenvalue weighted by atomic mass is 16.6. The number of rotatable bonds is 1. The largest absolute Gasteiger partial charge is 0.460 e. The molecule has 0 aromatic carbocycles. The molecule has 1 saturated carbocycles. The first-order valence-electron chi connectivity index (χ1n) is 6.06. The van der Waals surface area contributed by atoms with Gasteiger partial charge >= 0.3 is 5.97 Å². The van der Waals surface area contributed by atoms with Gasteiger partial charge in [0.25, 0.3) is 0 Å². The summed E-state index contributed by atoms with van der Waals surface area (Å²) in [6, 6.07) is 0.230. The van der Waals surface area contributed by atoms with E-state index in [0.717, 1.165) is 25.8 Å². The second kappa shape index (κ2) is 3.70. The Morgan fingerprint density at radius 3 is 2.56 bits per heavy atom. The molecule has 2 rings (SSSR count). The van der Waals surface area contributed by atoms with Crippen LogP contribution in [0.3, 0.4) is 0 Å². The van der Waals surface area contributed by atoms with E-state index in [1.165, 1.54) is 0 Å². The molecule has 3 N–H and O–H groups in total. The second-order valence-corrected chi connectivity index (χ2v) is 6.14. The molecular weight excluding hydrogens is 204 g/mol. The standard InChI is InChI=1S/C12H22N2O2/c1-11(2,3)16-10(15)9-5-4-8(13)6-12(9)7-14-12/h8-9,14H,4-7,13H2,1-3H3.